The summed E-state index contributed by atoms with van der Waals surface area (Å²) in [6.45, 7) is 5.38. The van der Waals surface area contributed by atoms with Crippen LogP contribution >= 0.6 is 11.7 Å². The van der Waals surface area contributed by atoms with Crippen LogP contribution in [0, 0.1) is 0 Å². The first kappa shape index (κ1) is 7.87. The van der Waals surface area contributed by atoms with E-state index in [1.807, 2.05) is 6.92 Å². The summed E-state index contributed by atoms with van der Waals surface area (Å²) in [6, 6.07) is 0. The summed E-state index contributed by atoms with van der Waals surface area (Å²) in [5, 5.41) is 0. The van der Waals surface area contributed by atoms with Crippen molar-refractivity contribution in [1.82, 2.24) is 8.75 Å². The first-order valence-electron chi connectivity index (χ1n) is 3.00. The normalized spacial score (nSPS) is 11.5. The molecule has 0 aliphatic heterocycles. The summed E-state index contributed by atoms with van der Waals surface area (Å²) in [5.74, 6) is 0.851. The maximum absolute atomic E-state index is 5.44. The summed E-state index contributed by atoms with van der Waals surface area (Å²) < 4.78 is 7.64. The molecule has 2 N–H and O–H groups in total. The first-order valence-corrected chi connectivity index (χ1v) is 3.73. The minimum Gasteiger partial charge on any atom is -0.380 e. The van der Waals surface area contributed by atoms with Gasteiger partial charge in [-0.1, -0.05) is 6.58 Å². The fraction of sp³-hybridized carbons (Fsp3) is 0.167. The van der Waals surface area contributed by atoms with Crippen LogP contribution < -0.4 is 5.73 Å². The summed E-state index contributed by atoms with van der Waals surface area (Å²) in [5.41, 5.74) is 6.22. The van der Waals surface area contributed by atoms with E-state index in [1.165, 1.54) is 0 Å². The van der Waals surface area contributed by atoms with E-state index >= 15 is 0 Å². The van der Waals surface area contributed by atoms with Gasteiger partial charge >= 0.3 is 0 Å². The second kappa shape index (κ2) is 3.25. The third kappa shape index (κ3) is 1.84. The van der Waals surface area contributed by atoms with E-state index in [0.717, 1.165) is 17.4 Å². The molecule has 4 nitrogen and oxygen atoms in total. The van der Waals surface area contributed by atoms with E-state index in [2.05, 4.69) is 20.3 Å². The average Bonchev–Trinajstić information content (AvgIpc) is 2.37. The van der Waals surface area contributed by atoms with Crippen LogP contribution in [0.2, 0.25) is 0 Å². The molecule has 0 aliphatic carbocycles. The van der Waals surface area contributed by atoms with Gasteiger partial charge in [-0.25, -0.2) is 4.99 Å². The van der Waals surface area contributed by atoms with Crippen LogP contribution in [0.3, 0.4) is 0 Å². The van der Waals surface area contributed by atoms with Crippen molar-refractivity contribution in [1.29, 1.82) is 0 Å². The Labute approximate surface area is 68.8 Å². The Morgan fingerprint density at radius 2 is 2.45 bits per heavy atom. The lowest BCUT2D eigenvalue weighted by Gasteiger charge is -1.88. The topological polar surface area (TPSA) is 64.2 Å². The molecular formula is C6H8N4S. The number of nitrogens with two attached hydrogens (primary N) is 1. The number of allylic oxidation sites excluding steroid dienone is 1. The van der Waals surface area contributed by atoms with Gasteiger partial charge in [0.2, 0.25) is 5.82 Å². The number of nitrogens with zero attached hydrogens (tertiary/aromatic N) is 3. The molecule has 11 heavy (non-hydrogen) atoms. The molecule has 0 atom stereocenters. The van der Waals surface area contributed by atoms with Crippen molar-refractivity contribution >= 4 is 29.1 Å². The van der Waals surface area contributed by atoms with Gasteiger partial charge in [-0.15, -0.1) is 0 Å². The van der Waals surface area contributed by atoms with Crippen LogP contribution in [0.1, 0.15) is 6.92 Å². The maximum atomic E-state index is 5.44. The van der Waals surface area contributed by atoms with E-state index < -0.39 is 0 Å². The number of aliphatic imine (C=N–C) groups is 1. The smallest absolute Gasteiger partial charge is 0.210 e. The summed E-state index contributed by atoms with van der Waals surface area (Å²) in [4.78, 5) is 4.05. The standard InChI is InChI=1S/C6H8N4S/c1-3-4(2)8-6-5(7)9-11-10-6/h3H,1H2,2H3,(H2,7,9)/b8-4-. The lowest BCUT2D eigenvalue weighted by Crippen LogP contribution is -1.86. The third-order valence-electron chi connectivity index (χ3n) is 1.07. The van der Waals surface area contributed by atoms with E-state index in [4.69, 9.17) is 5.73 Å². The Kier molecular flexibility index (Phi) is 2.32. The highest BCUT2D eigenvalue weighted by Gasteiger charge is 2.00. The molecule has 0 saturated heterocycles. The number of nitrogen functional groups attached to an aromatic ring is 1. The van der Waals surface area contributed by atoms with E-state index in [0.29, 0.717) is 11.6 Å². The highest BCUT2D eigenvalue weighted by Crippen LogP contribution is 2.17. The zero-order chi connectivity index (χ0) is 8.27. The minimum absolute atomic E-state index is 0.371. The number of hydrogen-bond donors (Lipinski definition) is 1. The van der Waals surface area contributed by atoms with Gasteiger partial charge < -0.3 is 5.73 Å². The number of anilines is 1. The molecule has 0 bridgehead atoms. The number of rotatable bonds is 2. The predicted octanol–water partition coefficient (Wildman–Crippen LogP) is 1.40. The largest absolute Gasteiger partial charge is 0.380 e. The van der Waals surface area contributed by atoms with Crippen LogP contribution in [0.25, 0.3) is 0 Å². The van der Waals surface area contributed by atoms with Gasteiger partial charge in [0.15, 0.2) is 5.82 Å². The molecule has 0 saturated carbocycles. The van der Waals surface area contributed by atoms with Crippen molar-refractivity contribution in [3.8, 4) is 0 Å². The fourth-order valence-electron chi connectivity index (χ4n) is 0.481. The van der Waals surface area contributed by atoms with Gasteiger partial charge in [-0.05, 0) is 13.0 Å². The van der Waals surface area contributed by atoms with Crippen LogP contribution in [0.5, 0.6) is 0 Å². The number of aromatic nitrogens is 2. The zero-order valence-electron chi connectivity index (χ0n) is 6.11. The molecule has 5 heteroatoms. The maximum Gasteiger partial charge on any atom is 0.210 e. The molecular weight excluding hydrogens is 160 g/mol. The molecule has 1 aromatic heterocycles. The third-order valence-corrected chi connectivity index (χ3v) is 1.61. The molecule has 1 rings (SSSR count). The van der Waals surface area contributed by atoms with Crippen LogP contribution in [0.4, 0.5) is 11.6 Å². The number of hydrogen-bond acceptors (Lipinski definition) is 5. The molecule has 0 radical (unpaired) electrons. The molecule has 1 heterocycles. The summed E-state index contributed by atoms with van der Waals surface area (Å²) in [6.07, 6.45) is 1.64. The van der Waals surface area contributed by atoms with E-state index in [-0.39, 0.29) is 0 Å². The van der Waals surface area contributed by atoms with Gasteiger partial charge in [-0.3, -0.25) is 0 Å². The minimum atomic E-state index is 0.371. The Balaban J connectivity index is 2.94. The highest BCUT2D eigenvalue weighted by atomic mass is 32.1. The van der Waals surface area contributed by atoms with Crippen LogP contribution in [-0.2, 0) is 0 Å². The van der Waals surface area contributed by atoms with Crippen molar-refractivity contribution in [2.45, 2.75) is 6.92 Å². The van der Waals surface area contributed by atoms with Crippen molar-refractivity contribution in [2.24, 2.45) is 4.99 Å². The van der Waals surface area contributed by atoms with E-state index in [1.54, 1.807) is 6.08 Å². The predicted molar refractivity (Wildman–Crippen MR) is 47.3 cm³/mol. The van der Waals surface area contributed by atoms with Crippen LogP contribution in [-0.4, -0.2) is 14.5 Å². The summed E-state index contributed by atoms with van der Waals surface area (Å²) >= 11 is 1.05. The quantitative estimate of drug-likeness (QED) is 0.679. The lowest BCUT2D eigenvalue weighted by molar-refractivity contribution is 1.40. The van der Waals surface area contributed by atoms with Gasteiger partial charge in [0.05, 0.1) is 11.7 Å². The molecule has 0 unspecified atom stereocenters. The summed E-state index contributed by atoms with van der Waals surface area (Å²) in [7, 11) is 0. The molecule has 0 aliphatic rings. The molecule has 58 valence electrons. The second-order valence-corrected chi connectivity index (χ2v) is 2.46. The molecule has 0 aromatic carbocycles. The lowest BCUT2D eigenvalue weighted by atomic mass is 10.4. The monoisotopic (exact) mass is 168 g/mol. The average molecular weight is 168 g/mol. The van der Waals surface area contributed by atoms with Crippen molar-refractivity contribution < 1.29 is 0 Å². The highest BCUT2D eigenvalue weighted by molar-refractivity contribution is 6.99. The Bertz CT molecular complexity index is 289. The first-order chi connectivity index (χ1) is 5.24. The van der Waals surface area contributed by atoms with Crippen LogP contribution in [0.15, 0.2) is 17.6 Å². The van der Waals surface area contributed by atoms with Crippen molar-refractivity contribution in [3.63, 3.8) is 0 Å². The molecule has 1 aromatic rings. The SMILES string of the molecule is C=C/C(C)=N\c1nsnc1N. The molecule has 0 spiro atoms. The molecule has 0 fully saturated rings. The van der Waals surface area contributed by atoms with Gasteiger partial charge in [0.1, 0.15) is 0 Å². The van der Waals surface area contributed by atoms with Crippen molar-refractivity contribution in [2.75, 3.05) is 5.73 Å². The zero-order valence-corrected chi connectivity index (χ0v) is 6.93. The van der Waals surface area contributed by atoms with Gasteiger partial charge in [-0.2, -0.15) is 8.75 Å². The fourth-order valence-corrected chi connectivity index (χ4v) is 0.903. The molecule has 0 amide bonds. The second-order valence-electron chi connectivity index (χ2n) is 1.93. The Hall–Kier alpha value is -1.23. The Morgan fingerprint density at radius 1 is 1.73 bits per heavy atom. The van der Waals surface area contributed by atoms with E-state index in [9.17, 15) is 0 Å². The van der Waals surface area contributed by atoms with Gasteiger partial charge in [0, 0.05) is 5.71 Å². The Morgan fingerprint density at radius 3 is 2.91 bits per heavy atom. The van der Waals surface area contributed by atoms with Gasteiger partial charge in [0.25, 0.3) is 0 Å². The van der Waals surface area contributed by atoms with Crippen molar-refractivity contribution in [3.05, 3.63) is 12.7 Å².